The largest absolute Gasteiger partial charge is 0.450 e. The molecule has 0 heterocycles. The Balaban J connectivity index is 4.27. The van der Waals surface area contributed by atoms with Crippen LogP contribution in [-0.2, 0) is 9.53 Å². The van der Waals surface area contributed by atoms with Gasteiger partial charge in [0.1, 0.15) is 6.17 Å². The van der Waals surface area contributed by atoms with Crippen LogP contribution in [0.5, 0.6) is 0 Å². The fourth-order valence-corrected chi connectivity index (χ4v) is 0.833. The summed E-state index contributed by atoms with van der Waals surface area (Å²) in [5, 5.41) is 2.39. The minimum Gasteiger partial charge on any atom is -0.450 e. The molecular weight excluding hydrogens is 196 g/mol. The summed E-state index contributed by atoms with van der Waals surface area (Å²) in [6.07, 6.45) is 1.88. The Bertz CT molecular complexity index is 293. The highest BCUT2D eigenvalue weighted by Crippen LogP contribution is 2.04. The van der Waals surface area contributed by atoms with Gasteiger partial charge in [-0.15, -0.1) is 0 Å². The SMILES string of the molecule is C=CC(=C)CC(N=C=O)NC(=O)OCC. The van der Waals surface area contributed by atoms with Crippen LogP contribution in [0.2, 0.25) is 0 Å². The summed E-state index contributed by atoms with van der Waals surface area (Å²) in [4.78, 5) is 24.5. The van der Waals surface area contributed by atoms with Crippen molar-refractivity contribution < 1.29 is 14.3 Å². The number of hydrogen-bond donors (Lipinski definition) is 1. The Morgan fingerprint density at radius 3 is 2.87 bits per heavy atom. The molecule has 0 aromatic heterocycles. The van der Waals surface area contributed by atoms with Crippen LogP contribution in [0.15, 0.2) is 29.8 Å². The van der Waals surface area contributed by atoms with Crippen LogP contribution < -0.4 is 5.32 Å². The number of allylic oxidation sites excluding steroid dienone is 1. The summed E-state index contributed by atoms with van der Waals surface area (Å²) in [6.45, 7) is 9.09. The third-order valence-corrected chi connectivity index (χ3v) is 1.51. The van der Waals surface area contributed by atoms with Gasteiger partial charge >= 0.3 is 6.09 Å². The fourth-order valence-electron chi connectivity index (χ4n) is 0.833. The van der Waals surface area contributed by atoms with Crippen molar-refractivity contribution in [3.63, 3.8) is 0 Å². The molecule has 15 heavy (non-hydrogen) atoms. The number of carbonyl (C=O) groups excluding carboxylic acids is 2. The predicted octanol–water partition coefficient (Wildman–Crippen LogP) is 1.53. The first-order valence-electron chi connectivity index (χ1n) is 4.44. The maximum absolute atomic E-state index is 11.0. The molecule has 1 atom stereocenters. The van der Waals surface area contributed by atoms with Gasteiger partial charge in [0.15, 0.2) is 0 Å². The van der Waals surface area contributed by atoms with E-state index in [0.717, 1.165) is 0 Å². The quantitative estimate of drug-likeness (QED) is 0.410. The molecule has 82 valence electrons. The zero-order chi connectivity index (χ0) is 11.7. The third kappa shape index (κ3) is 6.23. The summed E-state index contributed by atoms with van der Waals surface area (Å²) in [7, 11) is 0. The normalized spacial score (nSPS) is 10.7. The number of aliphatic imine (C=N–C) groups is 1. The van der Waals surface area contributed by atoms with Crippen molar-refractivity contribution in [3.8, 4) is 0 Å². The number of amides is 1. The van der Waals surface area contributed by atoms with Crippen molar-refractivity contribution in [1.82, 2.24) is 5.32 Å². The monoisotopic (exact) mass is 210 g/mol. The molecular formula is C10H14N2O3. The highest BCUT2D eigenvalue weighted by molar-refractivity contribution is 5.67. The molecule has 0 aromatic carbocycles. The number of alkyl carbamates (subject to hydrolysis) is 1. The van der Waals surface area contributed by atoms with E-state index in [1.807, 2.05) is 0 Å². The van der Waals surface area contributed by atoms with E-state index < -0.39 is 12.3 Å². The first-order valence-corrected chi connectivity index (χ1v) is 4.44. The Morgan fingerprint density at radius 1 is 1.73 bits per heavy atom. The summed E-state index contributed by atoms with van der Waals surface area (Å²) < 4.78 is 4.64. The molecule has 0 bridgehead atoms. The molecule has 0 aliphatic rings. The van der Waals surface area contributed by atoms with Crippen LogP contribution in [0.4, 0.5) is 4.79 Å². The lowest BCUT2D eigenvalue weighted by Gasteiger charge is -2.12. The van der Waals surface area contributed by atoms with Crippen LogP contribution in [0.3, 0.4) is 0 Å². The van der Waals surface area contributed by atoms with Gasteiger partial charge in [-0.05, 0) is 6.92 Å². The molecule has 5 heteroatoms. The molecule has 0 radical (unpaired) electrons. The molecule has 0 aliphatic heterocycles. The van der Waals surface area contributed by atoms with Gasteiger partial charge in [0.2, 0.25) is 6.08 Å². The minimum atomic E-state index is -0.702. The average molecular weight is 210 g/mol. The van der Waals surface area contributed by atoms with Crippen LogP contribution in [0, 0.1) is 0 Å². The van der Waals surface area contributed by atoms with Crippen LogP contribution in [0.1, 0.15) is 13.3 Å². The maximum Gasteiger partial charge on any atom is 0.408 e. The Hall–Kier alpha value is -1.87. The van der Waals surface area contributed by atoms with Gasteiger partial charge in [0, 0.05) is 6.42 Å². The van der Waals surface area contributed by atoms with Crippen molar-refractivity contribution in [3.05, 3.63) is 24.8 Å². The van der Waals surface area contributed by atoms with Gasteiger partial charge in [-0.2, -0.15) is 4.99 Å². The lowest BCUT2D eigenvalue weighted by Crippen LogP contribution is -2.34. The predicted molar refractivity (Wildman–Crippen MR) is 56.0 cm³/mol. The maximum atomic E-state index is 11.0. The summed E-state index contributed by atoms with van der Waals surface area (Å²) in [6, 6.07) is 0. The summed E-state index contributed by atoms with van der Waals surface area (Å²) in [5.41, 5.74) is 0.663. The van der Waals surface area contributed by atoms with E-state index in [4.69, 9.17) is 0 Å². The van der Waals surface area contributed by atoms with E-state index in [1.54, 1.807) is 6.92 Å². The van der Waals surface area contributed by atoms with Gasteiger partial charge in [-0.1, -0.05) is 24.8 Å². The van der Waals surface area contributed by atoms with Crippen molar-refractivity contribution in [2.45, 2.75) is 19.5 Å². The molecule has 0 aliphatic carbocycles. The number of hydrogen-bond acceptors (Lipinski definition) is 4. The van der Waals surface area contributed by atoms with Crippen molar-refractivity contribution in [1.29, 1.82) is 0 Å². The van der Waals surface area contributed by atoms with Gasteiger partial charge in [-0.25, -0.2) is 9.59 Å². The standard InChI is InChI=1S/C10H14N2O3/c1-4-8(3)6-9(11-7-13)12-10(14)15-5-2/h4,9H,1,3,5-6H2,2H3,(H,12,14). The second kappa shape index (κ2) is 7.53. The Kier molecular flexibility index (Phi) is 6.59. The number of nitrogens with zero attached hydrogens (tertiary/aromatic N) is 1. The lowest BCUT2D eigenvalue weighted by atomic mass is 10.2. The Labute approximate surface area is 88.5 Å². The minimum absolute atomic E-state index is 0.256. The van der Waals surface area contributed by atoms with Crippen molar-refractivity contribution in [2.75, 3.05) is 6.61 Å². The molecule has 0 saturated carbocycles. The molecule has 0 saturated heterocycles. The number of ether oxygens (including phenoxy) is 1. The highest BCUT2D eigenvalue weighted by atomic mass is 16.5. The fraction of sp³-hybridized carbons (Fsp3) is 0.400. The average Bonchev–Trinajstić information content (AvgIpc) is 2.18. The first-order chi connectivity index (χ1) is 7.13. The molecule has 1 unspecified atom stereocenters. The molecule has 1 amide bonds. The van der Waals surface area contributed by atoms with Gasteiger partial charge < -0.3 is 4.74 Å². The molecule has 0 rings (SSSR count). The van der Waals surface area contributed by atoms with E-state index >= 15 is 0 Å². The number of nitrogens with one attached hydrogen (secondary N) is 1. The van der Waals surface area contributed by atoms with E-state index in [0.29, 0.717) is 12.0 Å². The molecule has 0 fully saturated rings. The second-order valence-corrected chi connectivity index (χ2v) is 2.67. The van der Waals surface area contributed by atoms with Crippen LogP contribution >= 0.6 is 0 Å². The van der Waals surface area contributed by atoms with E-state index in [-0.39, 0.29) is 6.61 Å². The van der Waals surface area contributed by atoms with Gasteiger partial charge in [0.05, 0.1) is 6.61 Å². The molecule has 0 spiro atoms. The molecule has 1 N–H and O–H groups in total. The smallest absolute Gasteiger partial charge is 0.408 e. The van der Waals surface area contributed by atoms with Gasteiger partial charge in [0.25, 0.3) is 0 Å². The van der Waals surface area contributed by atoms with E-state index in [9.17, 15) is 9.59 Å². The second-order valence-electron chi connectivity index (χ2n) is 2.67. The lowest BCUT2D eigenvalue weighted by molar-refractivity contribution is 0.148. The number of carbonyl (C=O) groups is 1. The van der Waals surface area contributed by atoms with E-state index in [2.05, 4.69) is 28.2 Å². The van der Waals surface area contributed by atoms with Crippen LogP contribution in [-0.4, -0.2) is 24.9 Å². The zero-order valence-corrected chi connectivity index (χ0v) is 8.66. The summed E-state index contributed by atoms with van der Waals surface area (Å²) >= 11 is 0. The highest BCUT2D eigenvalue weighted by Gasteiger charge is 2.11. The van der Waals surface area contributed by atoms with Crippen molar-refractivity contribution >= 4 is 12.2 Å². The molecule has 5 nitrogen and oxygen atoms in total. The van der Waals surface area contributed by atoms with Crippen LogP contribution in [0.25, 0.3) is 0 Å². The summed E-state index contributed by atoms with van der Waals surface area (Å²) in [5.74, 6) is 0. The van der Waals surface area contributed by atoms with Crippen molar-refractivity contribution in [2.24, 2.45) is 4.99 Å². The first kappa shape index (κ1) is 13.1. The topological polar surface area (TPSA) is 67.8 Å². The Morgan fingerprint density at radius 2 is 2.40 bits per heavy atom. The van der Waals surface area contributed by atoms with Gasteiger partial charge in [-0.3, -0.25) is 5.32 Å². The zero-order valence-electron chi connectivity index (χ0n) is 8.66. The number of rotatable bonds is 6. The molecule has 0 aromatic rings. The van der Waals surface area contributed by atoms with E-state index in [1.165, 1.54) is 12.2 Å². The number of isocyanates is 1. The third-order valence-electron chi connectivity index (χ3n) is 1.51.